The average Bonchev–Trinajstić information content (AvgIpc) is 2.62. The number of rotatable bonds is 6. The molecule has 28 heavy (non-hydrogen) atoms. The molecule has 1 aliphatic rings. The van der Waals surface area contributed by atoms with E-state index >= 15 is 0 Å². The van der Waals surface area contributed by atoms with Crippen molar-refractivity contribution in [3.05, 3.63) is 41.2 Å². The molecular formula is C20H27N3O4S. The fourth-order valence-electron chi connectivity index (χ4n) is 3.82. The van der Waals surface area contributed by atoms with Gasteiger partial charge in [-0.05, 0) is 57.6 Å². The third-order valence-corrected chi connectivity index (χ3v) is 6.78. The van der Waals surface area contributed by atoms with E-state index in [0.29, 0.717) is 29.5 Å². The van der Waals surface area contributed by atoms with Crippen molar-refractivity contribution >= 4 is 10.0 Å². The van der Waals surface area contributed by atoms with Gasteiger partial charge in [-0.2, -0.15) is 4.98 Å². The normalized spacial score (nSPS) is 20.0. The maximum Gasteiger partial charge on any atom is 0.241 e. The van der Waals surface area contributed by atoms with Crippen LogP contribution in [-0.2, 0) is 10.0 Å². The monoisotopic (exact) mass is 405 g/mol. The summed E-state index contributed by atoms with van der Waals surface area (Å²) in [4.78, 5) is 8.64. The second-order valence-electron chi connectivity index (χ2n) is 7.34. The lowest BCUT2D eigenvalue weighted by Gasteiger charge is -2.29. The number of aromatic nitrogens is 2. The Labute approximate surface area is 166 Å². The van der Waals surface area contributed by atoms with Crippen LogP contribution in [0.4, 0.5) is 0 Å². The summed E-state index contributed by atoms with van der Waals surface area (Å²) < 4.78 is 39.7. The number of aryl methyl sites for hydroxylation is 3. The topological polar surface area (TPSA) is 90.4 Å². The Morgan fingerprint density at radius 3 is 2.21 bits per heavy atom. The molecule has 1 aliphatic carbocycles. The van der Waals surface area contributed by atoms with E-state index in [2.05, 4.69) is 14.7 Å². The highest BCUT2D eigenvalue weighted by Gasteiger charge is 2.28. The number of sulfonamides is 1. The molecule has 0 aliphatic heterocycles. The summed E-state index contributed by atoms with van der Waals surface area (Å²) in [5.74, 6) is 0.831. The quantitative estimate of drug-likeness (QED) is 0.794. The molecule has 0 spiro atoms. The summed E-state index contributed by atoms with van der Waals surface area (Å²) in [5.41, 5.74) is 2.62. The van der Waals surface area contributed by atoms with Gasteiger partial charge in [0.2, 0.25) is 21.8 Å². The maximum atomic E-state index is 12.9. The SMILES string of the molecule is COc1cncc(OC2CCC(NS(=O)(=O)c3c(C)cc(C)cc3C)CC2)n1. The lowest BCUT2D eigenvalue weighted by Crippen LogP contribution is -2.40. The number of benzene rings is 1. The molecule has 0 saturated heterocycles. The Morgan fingerprint density at radius 2 is 1.61 bits per heavy atom. The summed E-state index contributed by atoms with van der Waals surface area (Å²) in [6, 6.07) is 3.71. The molecule has 1 fully saturated rings. The highest BCUT2D eigenvalue weighted by atomic mass is 32.2. The summed E-state index contributed by atoms with van der Waals surface area (Å²) in [6.45, 7) is 5.65. The third-order valence-electron chi connectivity index (χ3n) is 4.96. The van der Waals surface area contributed by atoms with Crippen LogP contribution in [0.1, 0.15) is 42.4 Å². The Hall–Kier alpha value is -2.19. The third kappa shape index (κ3) is 4.80. The van der Waals surface area contributed by atoms with Crippen LogP contribution in [0.25, 0.3) is 0 Å². The molecule has 1 aromatic carbocycles. The first kappa shape index (κ1) is 20.5. The molecule has 1 N–H and O–H groups in total. The van der Waals surface area contributed by atoms with Crippen molar-refractivity contribution in [2.75, 3.05) is 7.11 Å². The molecule has 152 valence electrons. The summed E-state index contributed by atoms with van der Waals surface area (Å²) in [6.07, 6.45) is 5.99. The van der Waals surface area contributed by atoms with E-state index in [9.17, 15) is 8.42 Å². The van der Waals surface area contributed by atoms with Gasteiger partial charge in [-0.25, -0.2) is 13.1 Å². The molecule has 0 atom stereocenters. The highest BCUT2D eigenvalue weighted by molar-refractivity contribution is 7.89. The van der Waals surface area contributed by atoms with E-state index in [1.165, 1.54) is 13.3 Å². The molecule has 2 aromatic rings. The first-order chi connectivity index (χ1) is 13.3. The second kappa shape index (κ2) is 8.45. The Bertz CT molecular complexity index is 915. The van der Waals surface area contributed by atoms with Gasteiger partial charge in [0.05, 0.1) is 24.4 Å². The second-order valence-corrected chi connectivity index (χ2v) is 8.99. The maximum absolute atomic E-state index is 12.9. The smallest absolute Gasteiger partial charge is 0.241 e. The molecule has 1 saturated carbocycles. The molecule has 1 aromatic heterocycles. The summed E-state index contributed by atoms with van der Waals surface area (Å²) in [5, 5.41) is 0. The van der Waals surface area contributed by atoms with Crippen molar-refractivity contribution in [2.24, 2.45) is 0 Å². The molecule has 7 nitrogen and oxygen atoms in total. The number of methoxy groups -OCH3 is 1. The van der Waals surface area contributed by atoms with E-state index < -0.39 is 10.0 Å². The average molecular weight is 406 g/mol. The van der Waals surface area contributed by atoms with Gasteiger partial charge in [-0.15, -0.1) is 0 Å². The minimum Gasteiger partial charge on any atom is -0.480 e. The number of nitrogens with one attached hydrogen (secondary N) is 1. The molecule has 1 heterocycles. The van der Waals surface area contributed by atoms with Gasteiger partial charge in [-0.1, -0.05) is 17.7 Å². The largest absolute Gasteiger partial charge is 0.480 e. The number of hydrogen-bond acceptors (Lipinski definition) is 6. The summed E-state index contributed by atoms with van der Waals surface area (Å²) >= 11 is 0. The van der Waals surface area contributed by atoms with E-state index in [0.717, 1.165) is 29.5 Å². The molecule has 8 heteroatoms. The number of ether oxygens (including phenoxy) is 2. The van der Waals surface area contributed by atoms with Gasteiger partial charge in [0.1, 0.15) is 6.10 Å². The summed E-state index contributed by atoms with van der Waals surface area (Å²) in [7, 11) is -2.02. The number of nitrogens with zero attached hydrogens (tertiary/aromatic N) is 2. The Kier molecular flexibility index (Phi) is 6.20. The molecule has 0 radical (unpaired) electrons. The zero-order chi connectivity index (χ0) is 20.3. The fraction of sp³-hybridized carbons (Fsp3) is 0.500. The minimum absolute atomic E-state index is 0.00925. The van der Waals surface area contributed by atoms with Crippen molar-refractivity contribution in [3.8, 4) is 11.8 Å². The van der Waals surface area contributed by atoms with Crippen LogP contribution in [0.2, 0.25) is 0 Å². The van der Waals surface area contributed by atoms with Crippen molar-refractivity contribution in [2.45, 2.75) is 63.5 Å². The van der Waals surface area contributed by atoms with E-state index in [1.54, 1.807) is 6.20 Å². The zero-order valence-corrected chi connectivity index (χ0v) is 17.5. The first-order valence-electron chi connectivity index (χ1n) is 9.41. The fourth-order valence-corrected chi connectivity index (χ4v) is 5.58. The van der Waals surface area contributed by atoms with Gasteiger partial charge in [-0.3, -0.25) is 4.98 Å². The van der Waals surface area contributed by atoms with Crippen molar-refractivity contribution in [3.63, 3.8) is 0 Å². The van der Waals surface area contributed by atoms with Gasteiger partial charge in [0, 0.05) is 6.04 Å². The van der Waals surface area contributed by atoms with Crippen LogP contribution in [-0.4, -0.2) is 37.6 Å². The first-order valence-corrected chi connectivity index (χ1v) is 10.9. The minimum atomic E-state index is -3.55. The highest BCUT2D eigenvalue weighted by Crippen LogP contribution is 2.26. The van der Waals surface area contributed by atoms with Crippen molar-refractivity contribution in [1.29, 1.82) is 0 Å². The van der Waals surface area contributed by atoms with Gasteiger partial charge < -0.3 is 9.47 Å². The standard InChI is InChI=1S/C20H27N3O4S/c1-13-9-14(2)20(15(3)10-13)28(24,25)23-16-5-7-17(8-6-16)27-19-12-21-11-18(22-19)26-4/h9-12,16-17,23H,5-8H2,1-4H3. The van der Waals surface area contributed by atoms with Crippen molar-refractivity contribution in [1.82, 2.24) is 14.7 Å². The molecule has 0 bridgehead atoms. The van der Waals surface area contributed by atoms with Crippen molar-refractivity contribution < 1.29 is 17.9 Å². The van der Waals surface area contributed by atoms with Gasteiger partial charge in [0.15, 0.2) is 0 Å². The number of hydrogen-bond donors (Lipinski definition) is 1. The van der Waals surface area contributed by atoms with Crippen LogP contribution in [0.5, 0.6) is 11.8 Å². The zero-order valence-electron chi connectivity index (χ0n) is 16.7. The molecular weight excluding hydrogens is 378 g/mol. The van der Waals surface area contributed by atoms with Crippen LogP contribution >= 0.6 is 0 Å². The Morgan fingerprint density at radius 1 is 1.00 bits per heavy atom. The van der Waals surface area contributed by atoms with Crippen LogP contribution in [0.3, 0.4) is 0 Å². The molecule has 0 amide bonds. The van der Waals surface area contributed by atoms with Gasteiger partial charge in [0.25, 0.3) is 0 Å². The van der Waals surface area contributed by atoms with Crippen LogP contribution < -0.4 is 14.2 Å². The predicted octanol–water partition coefficient (Wildman–Crippen LogP) is 3.08. The lowest BCUT2D eigenvalue weighted by atomic mass is 9.94. The van der Waals surface area contributed by atoms with Crippen LogP contribution in [0.15, 0.2) is 29.4 Å². The lowest BCUT2D eigenvalue weighted by molar-refractivity contribution is 0.136. The van der Waals surface area contributed by atoms with E-state index in [4.69, 9.17) is 9.47 Å². The predicted molar refractivity (Wildman–Crippen MR) is 106 cm³/mol. The van der Waals surface area contributed by atoms with E-state index in [1.807, 2.05) is 32.9 Å². The van der Waals surface area contributed by atoms with Crippen LogP contribution in [0, 0.1) is 20.8 Å². The van der Waals surface area contributed by atoms with Gasteiger partial charge >= 0.3 is 0 Å². The Balaban J connectivity index is 1.61. The molecule has 3 rings (SSSR count). The molecule has 0 unspecified atom stereocenters. The van der Waals surface area contributed by atoms with E-state index in [-0.39, 0.29) is 12.1 Å².